The van der Waals surface area contributed by atoms with Crippen molar-refractivity contribution in [1.82, 2.24) is 19.1 Å². The zero-order chi connectivity index (χ0) is 19.5. The second-order valence-electron chi connectivity index (χ2n) is 6.67. The molecule has 8 heteroatoms. The van der Waals surface area contributed by atoms with Crippen LogP contribution >= 0.6 is 0 Å². The molecule has 8 nitrogen and oxygen atoms in total. The van der Waals surface area contributed by atoms with Crippen LogP contribution in [0.4, 0.5) is 0 Å². The standard InChI is InChI=1S/C20H21N5O3/c1-23-18-17(11-16(12-21-18)13-22-24-7-9-28-10-8-24)19(26)25(20(23)27)14-15-5-3-2-4-6-15/h2-6,11-13H,7-10,14H2,1H3. The molecule has 0 saturated carbocycles. The highest BCUT2D eigenvalue weighted by Gasteiger charge is 2.13. The highest BCUT2D eigenvalue weighted by Crippen LogP contribution is 2.08. The first kappa shape index (κ1) is 18.1. The summed E-state index contributed by atoms with van der Waals surface area (Å²) >= 11 is 0. The van der Waals surface area contributed by atoms with Gasteiger partial charge in [0.1, 0.15) is 5.65 Å². The zero-order valence-electron chi connectivity index (χ0n) is 15.6. The summed E-state index contributed by atoms with van der Waals surface area (Å²) in [6, 6.07) is 11.2. The zero-order valence-corrected chi connectivity index (χ0v) is 15.6. The number of hydrogen-bond acceptors (Lipinski definition) is 6. The number of hydrogen-bond donors (Lipinski definition) is 0. The monoisotopic (exact) mass is 379 g/mol. The number of hydrazone groups is 1. The van der Waals surface area contributed by atoms with Crippen LogP contribution in [0.3, 0.4) is 0 Å². The average Bonchev–Trinajstić information content (AvgIpc) is 2.75. The fourth-order valence-corrected chi connectivity index (χ4v) is 3.20. The summed E-state index contributed by atoms with van der Waals surface area (Å²) in [6.07, 6.45) is 3.30. The molecule has 3 heterocycles. The van der Waals surface area contributed by atoms with Crippen molar-refractivity contribution in [2.45, 2.75) is 6.54 Å². The summed E-state index contributed by atoms with van der Waals surface area (Å²) in [5.74, 6) is 0. The molecule has 0 aliphatic carbocycles. The van der Waals surface area contributed by atoms with Crippen molar-refractivity contribution in [2.24, 2.45) is 12.1 Å². The van der Waals surface area contributed by atoms with Gasteiger partial charge in [-0.15, -0.1) is 0 Å². The van der Waals surface area contributed by atoms with Gasteiger partial charge in [0, 0.05) is 18.8 Å². The molecule has 0 unspecified atom stereocenters. The van der Waals surface area contributed by atoms with Gasteiger partial charge in [0.25, 0.3) is 5.56 Å². The molecule has 1 aliphatic rings. The van der Waals surface area contributed by atoms with Crippen LogP contribution in [-0.4, -0.2) is 51.6 Å². The summed E-state index contributed by atoms with van der Waals surface area (Å²) < 4.78 is 7.95. The molecule has 1 saturated heterocycles. The Morgan fingerprint density at radius 2 is 1.93 bits per heavy atom. The van der Waals surface area contributed by atoms with Crippen molar-refractivity contribution in [2.75, 3.05) is 26.3 Å². The Morgan fingerprint density at radius 3 is 2.68 bits per heavy atom. The van der Waals surface area contributed by atoms with E-state index in [9.17, 15) is 9.59 Å². The number of morpholine rings is 1. The van der Waals surface area contributed by atoms with E-state index in [1.54, 1.807) is 25.5 Å². The molecule has 0 amide bonds. The van der Waals surface area contributed by atoms with Gasteiger partial charge in [-0.25, -0.2) is 9.78 Å². The summed E-state index contributed by atoms with van der Waals surface area (Å²) in [4.78, 5) is 30.0. The van der Waals surface area contributed by atoms with Gasteiger partial charge < -0.3 is 4.74 Å². The number of pyridine rings is 1. The molecule has 3 aromatic rings. The first-order valence-electron chi connectivity index (χ1n) is 9.13. The maximum Gasteiger partial charge on any atom is 0.332 e. The van der Waals surface area contributed by atoms with E-state index in [1.165, 1.54) is 9.13 Å². The van der Waals surface area contributed by atoms with Gasteiger partial charge in [-0.1, -0.05) is 30.3 Å². The smallest absolute Gasteiger partial charge is 0.332 e. The van der Waals surface area contributed by atoms with Crippen molar-refractivity contribution in [3.05, 3.63) is 74.6 Å². The molecule has 2 aromatic heterocycles. The Labute approximate surface area is 161 Å². The van der Waals surface area contributed by atoms with Gasteiger partial charge in [-0.2, -0.15) is 5.10 Å². The van der Waals surface area contributed by atoms with Gasteiger partial charge in [0.2, 0.25) is 0 Å². The lowest BCUT2D eigenvalue weighted by molar-refractivity contribution is 0.0397. The lowest BCUT2D eigenvalue weighted by atomic mass is 10.2. The Morgan fingerprint density at radius 1 is 1.18 bits per heavy atom. The van der Waals surface area contributed by atoms with Crippen LogP contribution in [0.1, 0.15) is 11.1 Å². The summed E-state index contributed by atoms with van der Waals surface area (Å²) in [5, 5.41) is 6.74. The van der Waals surface area contributed by atoms with Crippen molar-refractivity contribution in [1.29, 1.82) is 0 Å². The maximum absolute atomic E-state index is 13.0. The molecular formula is C20H21N5O3. The van der Waals surface area contributed by atoms with Crippen LogP contribution in [0, 0.1) is 0 Å². The van der Waals surface area contributed by atoms with Gasteiger partial charge in [0.15, 0.2) is 0 Å². The molecule has 1 aromatic carbocycles. The maximum atomic E-state index is 13.0. The largest absolute Gasteiger partial charge is 0.378 e. The second-order valence-corrected chi connectivity index (χ2v) is 6.67. The molecule has 0 bridgehead atoms. The van der Waals surface area contributed by atoms with E-state index >= 15 is 0 Å². The predicted octanol–water partition coefficient (Wildman–Crippen LogP) is 0.810. The van der Waals surface area contributed by atoms with E-state index in [-0.39, 0.29) is 17.8 Å². The van der Waals surface area contributed by atoms with Crippen LogP contribution in [0.15, 0.2) is 57.3 Å². The summed E-state index contributed by atoms with van der Waals surface area (Å²) in [5.41, 5.74) is 1.22. The third kappa shape index (κ3) is 3.59. The molecule has 1 aliphatic heterocycles. The number of rotatable bonds is 4. The van der Waals surface area contributed by atoms with E-state index in [0.29, 0.717) is 29.8 Å². The van der Waals surface area contributed by atoms with Crippen LogP contribution < -0.4 is 11.2 Å². The van der Waals surface area contributed by atoms with Crippen molar-refractivity contribution in [3.63, 3.8) is 0 Å². The molecule has 0 N–H and O–H groups in total. The van der Waals surface area contributed by atoms with Crippen molar-refractivity contribution in [3.8, 4) is 0 Å². The van der Waals surface area contributed by atoms with E-state index in [1.807, 2.05) is 35.3 Å². The van der Waals surface area contributed by atoms with Crippen molar-refractivity contribution >= 4 is 17.2 Å². The number of aryl methyl sites for hydroxylation is 1. The highest BCUT2D eigenvalue weighted by molar-refractivity contribution is 5.85. The minimum atomic E-state index is -0.386. The third-order valence-electron chi connectivity index (χ3n) is 4.74. The van der Waals surface area contributed by atoms with Crippen LogP contribution in [0.25, 0.3) is 11.0 Å². The van der Waals surface area contributed by atoms with Gasteiger partial charge in [0.05, 0.1) is 44.4 Å². The molecule has 0 spiro atoms. The quantitative estimate of drug-likeness (QED) is 0.627. The third-order valence-corrected chi connectivity index (χ3v) is 4.74. The fraction of sp³-hybridized carbons (Fsp3) is 0.300. The number of benzene rings is 1. The number of nitrogens with zero attached hydrogens (tertiary/aromatic N) is 5. The molecule has 4 rings (SSSR count). The highest BCUT2D eigenvalue weighted by atomic mass is 16.5. The summed E-state index contributed by atoms with van der Waals surface area (Å²) in [6.45, 7) is 2.99. The molecule has 28 heavy (non-hydrogen) atoms. The average molecular weight is 379 g/mol. The number of ether oxygens (including phenoxy) is 1. The first-order valence-corrected chi connectivity index (χ1v) is 9.13. The van der Waals surface area contributed by atoms with Crippen LogP contribution in [0.5, 0.6) is 0 Å². The second kappa shape index (κ2) is 7.77. The van der Waals surface area contributed by atoms with Crippen molar-refractivity contribution < 1.29 is 4.74 Å². The molecule has 0 atom stereocenters. The van der Waals surface area contributed by atoms with E-state index in [4.69, 9.17) is 4.74 Å². The van der Waals surface area contributed by atoms with E-state index in [2.05, 4.69) is 10.1 Å². The molecule has 144 valence electrons. The minimum Gasteiger partial charge on any atom is -0.378 e. The van der Waals surface area contributed by atoms with E-state index in [0.717, 1.165) is 18.7 Å². The van der Waals surface area contributed by atoms with Crippen LogP contribution in [-0.2, 0) is 18.3 Å². The van der Waals surface area contributed by atoms with Crippen LogP contribution in [0.2, 0.25) is 0 Å². The Balaban J connectivity index is 1.74. The number of aromatic nitrogens is 3. The lowest BCUT2D eigenvalue weighted by Gasteiger charge is -2.23. The van der Waals surface area contributed by atoms with Gasteiger partial charge in [-0.3, -0.25) is 18.9 Å². The van der Waals surface area contributed by atoms with Gasteiger partial charge in [-0.05, 0) is 11.6 Å². The number of fused-ring (bicyclic) bond motifs is 1. The molecule has 1 fully saturated rings. The Kier molecular flexibility index (Phi) is 5.03. The lowest BCUT2D eigenvalue weighted by Crippen LogP contribution is -2.39. The molecular weight excluding hydrogens is 358 g/mol. The Bertz CT molecular complexity index is 1130. The minimum absolute atomic E-state index is 0.217. The normalized spacial score (nSPS) is 14.8. The fourth-order valence-electron chi connectivity index (χ4n) is 3.20. The topological polar surface area (TPSA) is 81.7 Å². The van der Waals surface area contributed by atoms with Gasteiger partial charge >= 0.3 is 5.69 Å². The first-order chi connectivity index (χ1) is 13.6. The summed E-state index contributed by atoms with van der Waals surface area (Å²) in [7, 11) is 1.63. The molecule has 0 radical (unpaired) electrons. The van der Waals surface area contributed by atoms with E-state index < -0.39 is 0 Å². The Hall–Kier alpha value is -3.26. The predicted molar refractivity (Wildman–Crippen MR) is 107 cm³/mol. The SMILES string of the molecule is Cn1c(=O)n(Cc2ccccc2)c(=O)c2cc(C=NN3CCOCC3)cnc21.